The lowest BCUT2D eigenvalue weighted by Gasteiger charge is -2.37. The van der Waals surface area contributed by atoms with Crippen molar-refractivity contribution in [1.29, 1.82) is 0 Å². The molecule has 5 rings (SSSR count). The summed E-state index contributed by atoms with van der Waals surface area (Å²) in [4.78, 5) is 2.41. The molecule has 1 aliphatic heterocycles. The van der Waals surface area contributed by atoms with E-state index in [-0.39, 0.29) is 11.9 Å². The molecule has 1 aromatic heterocycles. The molecule has 0 aliphatic carbocycles. The molecule has 156 valence electrons. The number of anilines is 1. The van der Waals surface area contributed by atoms with E-state index in [0.29, 0.717) is 6.54 Å². The number of nitrogens with zero attached hydrogens (tertiary/aromatic N) is 5. The molecule has 0 unspecified atom stereocenters. The SMILES string of the molecule is Cc1ccc([C@H](c2nnnn2Cc2ccc(F)cc2)N2CCCc3ccccc32)cc1. The molecule has 0 fully saturated rings. The molecule has 3 aromatic carbocycles. The quantitative estimate of drug-likeness (QED) is 0.475. The van der Waals surface area contributed by atoms with Crippen molar-refractivity contribution in [2.45, 2.75) is 32.4 Å². The van der Waals surface area contributed by atoms with E-state index in [1.54, 1.807) is 12.1 Å². The van der Waals surface area contributed by atoms with Crippen molar-refractivity contribution >= 4 is 5.69 Å². The minimum absolute atomic E-state index is 0.113. The summed E-state index contributed by atoms with van der Waals surface area (Å²) < 4.78 is 15.2. The standard InChI is InChI=1S/C25H24FN5/c1-18-8-12-21(13-9-18)24(30-16-4-6-20-5-2-3-7-23(20)30)25-27-28-29-31(25)17-19-10-14-22(26)15-11-19/h2-3,5,7-15,24H,4,6,16-17H2,1H3/t24-/m1/s1. The first-order valence-corrected chi connectivity index (χ1v) is 10.6. The maximum Gasteiger partial charge on any atom is 0.178 e. The largest absolute Gasteiger partial charge is 0.357 e. The average molecular weight is 414 g/mol. The first-order chi connectivity index (χ1) is 15.2. The second kappa shape index (κ2) is 8.30. The summed E-state index contributed by atoms with van der Waals surface area (Å²) in [6, 6.07) is 23.5. The van der Waals surface area contributed by atoms with Gasteiger partial charge in [-0.25, -0.2) is 9.07 Å². The van der Waals surface area contributed by atoms with E-state index in [2.05, 4.69) is 75.9 Å². The fraction of sp³-hybridized carbons (Fsp3) is 0.240. The number of halogens is 1. The van der Waals surface area contributed by atoms with Gasteiger partial charge in [0, 0.05) is 12.2 Å². The maximum atomic E-state index is 13.4. The predicted octanol–water partition coefficient (Wildman–Crippen LogP) is 4.71. The Bertz CT molecular complexity index is 1170. The number of aryl methyl sites for hydroxylation is 2. The number of hydrogen-bond acceptors (Lipinski definition) is 4. The highest BCUT2D eigenvalue weighted by Crippen LogP contribution is 2.37. The van der Waals surface area contributed by atoms with E-state index in [1.165, 1.54) is 28.9 Å². The number of tetrazole rings is 1. The van der Waals surface area contributed by atoms with E-state index in [4.69, 9.17) is 0 Å². The van der Waals surface area contributed by atoms with Gasteiger partial charge in [-0.1, -0.05) is 60.2 Å². The van der Waals surface area contributed by atoms with Crippen LogP contribution in [0.25, 0.3) is 0 Å². The molecule has 5 nitrogen and oxygen atoms in total. The van der Waals surface area contributed by atoms with Gasteiger partial charge in [0.15, 0.2) is 5.82 Å². The van der Waals surface area contributed by atoms with Crippen LogP contribution in [0.3, 0.4) is 0 Å². The second-order valence-electron chi connectivity index (χ2n) is 8.06. The van der Waals surface area contributed by atoms with Crippen LogP contribution in [0.1, 0.15) is 40.5 Å². The molecule has 0 bridgehead atoms. The number of fused-ring (bicyclic) bond motifs is 1. The van der Waals surface area contributed by atoms with E-state index in [0.717, 1.165) is 36.3 Å². The summed E-state index contributed by atoms with van der Waals surface area (Å²) in [5.74, 6) is 0.535. The van der Waals surface area contributed by atoms with Crippen molar-refractivity contribution < 1.29 is 4.39 Å². The highest BCUT2D eigenvalue weighted by Gasteiger charge is 2.31. The molecule has 0 saturated carbocycles. The highest BCUT2D eigenvalue weighted by atomic mass is 19.1. The van der Waals surface area contributed by atoms with Gasteiger partial charge in [0.25, 0.3) is 0 Å². The maximum absolute atomic E-state index is 13.4. The fourth-order valence-corrected chi connectivity index (χ4v) is 4.33. The number of rotatable bonds is 5. The van der Waals surface area contributed by atoms with Gasteiger partial charge >= 0.3 is 0 Å². The molecule has 4 aromatic rings. The lowest BCUT2D eigenvalue weighted by atomic mass is 9.96. The van der Waals surface area contributed by atoms with Gasteiger partial charge in [-0.2, -0.15) is 0 Å². The number of para-hydroxylation sites is 1. The lowest BCUT2D eigenvalue weighted by Crippen LogP contribution is -2.36. The summed E-state index contributed by atoms with van der Waals surface area (Å²) in [5, 5.41) is 12.8. The van der Waals surface area contributed by atoms with Crippen molar-refractivity contribution in [2.24, 2.45) is 0 Å². The van der Waals surface area contributed by atoms with E-state index < -0.39 is 0 Å². The molecular formula is C25H24FN5. The topological polar surface area (TPSA) is 46.8 Å². The normalized spacial score (nSPS) is 14.3. The van der Waals surface area contributed by atoms with Crippen LogP contribution in [0.5, 0.6) is 0 Å². The van der Waals surface area contributed by atoms with Crippen LogP contribution < -0.4 is 4.90 Å². The lowest BCUT2D eigenvalue weighted by molar-refractivity contribution is 0.556. The van der Waals surface area contributed by atoms with Gasteiger partial charge in [-0.15, -0.1) is 5.10 Å². The number of aromatic nitrogens is 4. The molecule has 0 spiro atoms. The van der Waals surface area contributed by atoms with Crippen molar-refractivity contribution in [3.63, 3.8) is 0 Å². The zero-order valence-corrected chi connectivity index (χ0v) is 17.4. The average Bonchev–Trinajstić information content (AvgIpc) is 3.24. The second-order valence-corrected chi connectivity index (χ2v) is 8.06. The molecule has 6 heteroatoms. The Morgan fingerprint density at radius 2 is 1.74 bits per heavy atom. The van der Waals surface area contributed by atoms with Crippen LogP contribution in [-0.2, 0) is 13.0 Å². The summed E-state index contributed by atoms with van der Waals surface area (Å²) in [5.41, 5.74) is 5.90. The fourth-order valence-electron chi connectivity index (χ4n) is 4.33. The third-order valence-corrected chi connectivity index (χ3v) is 5.90. The van der Waals surface area contributed by atoms with Crippen molar-refractivity contribution in [3.05, 3.63) is 107 Å². The third kappa shape index (κ3) is 3.93. The molecule has 0 saturated heterocycles. The Balaban J connectivity index is 1.59. The van der Waals surface area contributed by atoms with E-state index in [1.807, 2.05) is 4.68 Å². The summed E-state index contributed by atoms with van der Waals surface area (Å²) in [7, 11) is 0. The Hall–Kier alpha value is -3.54. The molecule has 2 heterocycles. The van der Waals surface area contributed by atoms with Crippen molar-refractivity contribution in [2.75, 3.05) is 11.4 Å². The van der Waals surface area contributed by atoms with Gasteiger partial charge in [-0.3, -0.25) is 0 Å². The molecule has 0 radical (unpaired) electrons. The van der Waals surface area contributed by atoms with Crippen molar-refractivity contribution in [1.82, 2.24) is 20.2 Å². The Kier molecular flexibility index (Phi) is 5.20. The van der Waals surface area contributed by atoms with Crippen LogP contribution in [0.4, 0.5) is 10.1 Å². The van der Waals surface area contributed by atoms with Crippen LogP contribution in [0, 0.1) is 12.7 Å². The zero-order valence-electron chi connectivity index (χ0n) is 17.4. The minimum Gasteiger partial charge on any atom is -0.357 e. The summed E-state index contributed by atoms with van der Waals surface area (Å²) in [6.45, 7) is 3.51. The van der Waals surface area contributed by atoms with E-state index in [9.17, 15) is 4.39 Å². The zero-order chi connectivity index (χ0) is 21.2. The summed E-state index contributed by atoms with van der Waals surface area (Å²) in [6.07, 6.45) is 2.16. The molecule has 31 heavy (non-hydrogen) atoms. The van der Waals surface area contributed by atoms with Gasteiger partial charge in [-0.05, 0) is 65.1 Å². The van der Waals surface area contributed by atoms with Gasteiger partial charge in [0.1, 0.15) is 11.9 Å². The van der Waals surface area contributed by atoms with Crippen LogP contribution in [0.2, 0.25) is 0 Å². The first-order valence-electron chi connectivity index (χ1n) is 10.6. The predicted molar refractivity (Wildman–Crippen MR) is 118 cm³/mol. The van der Waals surface area contributed by atoms with Gasteiger partial charge in [0.05, 0.1) is 6.54 Å². The van der Waals surface area contributed by atoms with Crippen molar-refractivity contribution in [3.8, 4) is 0 Å². The Morgan fingerprint density at radius 1 is 0.968 bits per heavy atom. The van der Waals surface area contributed by atoms with Crippen LogP contribution in [0.15, 0.2) is 72.8 Å². The number of hydrogen-bond donors (Lipinski definition) is 0. The third-order valence-electron chi connectivity index (χ3n) is 5.90. The highest BCUT2D eigenvalue weighted by molar-refractivity contribution is 5.58. The molecule has 0 N–H and O–H groups in total. The van der Waals surface area contributed by atoms with Crippen LogP contribution >= 0.6 is 0 Å². The monoisotopic (exact) mass is 413 g/mol. The summed E-state index contributed by atoms with van der Waals surface area (Å²) >= 11 is 0. The molecule has 1 aliphatic rings. The molecule has 0 amide bonds. The Morgan fingerprint density at radius 3 is 2.55 bits per heavy atom. The van der Waals surface area contributed by atoms with E-state index >= 15 is 0 Å². The van der Waals surface area contributed by atoms with Crippen LogP contribution in [-0.4, -0.2) is 26.8 Å². The van der Waals surface area contributed by atoms with Gasteiger partial charge in [0.2, 0.25) is 0 Å². The first kappa shape index (κ1) is 19.4. The molecule has 1 atom stereocenters. The number of benzene rings is 3. The smallest absolute Gasteiger partial charge is 0.178 e. The molecular weight excluding hydrogens is 389 g/mol. The Labute approximate surface area is 181 Å². The minimum atomic E-state index is -0.247. The van der Waals surface area contributed by atoms with Gasteiger partial charge < -0.3 is 4.90 Å².